The van der Waals surface area contributed by atoms with Gasteiger partial charge in [0.2, 0.25) is 0 Å². The maximum absolute atomic E-state index is 11.1. The fraction of sp³-hybridized carbons (Fsp3) is 0.643. The quantitative estimate of drug-likeness (QED) is 0.403. The standard InChI is InChI=1S/C14H24O3/c1-5-7-13(15)10-12(4)11(3)8-9-14(16)17-6-2/h5,8-9,11-13,15H,1,6-7,10H2,2-4H3/b9-8+/t11-,12-,13+/m1/s1. The van der Waals surface area contributed by atoms with Gasteiger partial charge in [0, 0.05) is 6.08 Å². The van der Waals surface area contributed by atoms with E-state index in [2.05, 4.69) is 13.5 Å². The van der Waals surface area contributed by atoms with Crippen LogP contribution in [0.2, 0.25) is 0 Å². The fourth-order valence-corrected chi connectivity index (χ4v) is 1.54. The average Bonchev–Trinajstić information content (AvgIpc) is 2.26. The van der Waals surface area contributed by atoms with Gasteiger partial charge in [-0.15, -0.1) is 6.58 Å². The largest absolute Gasteiger partial charge is 0.463 e. The van der Waals surface area contributed by atoms with Crippen LogP contribution in [0.15, 0.2) is 24.8 Å². The van der Waals surface area contributed by atoms with E-state index in [1.54, 1.807) is 13.0 Å². The highest BCUT2D eigenvalue weighted by molar-refractivity contribution is 5.81. The van der Waals surface area contributed by atoms with Gasteiger partial charge in [-0.05, 0) is 31.6 Å². The number of allylic oxidation sites excluding steroid dienone is 1. The molecule has 98 valence electrons. The molecule has 0 aliphatic heterocycles. The number of aliphatic hydroxyl groups excluding tert-OH is 1. The molecule has 0 saturated heterocycles. The van der Waals surface area contributed by atoms with E-state index >= 15 is 0 Å². The van der Waals surface area contributed by atoms with Gasteiger partial charge >= 0.3 is 5.97 Å². The molecule has 3 nitrogen and oxygen atoms in total. The first-order valence-electron chi connectivity index (χ1n) is 6.15. The number of aliphatic hydroxyl groups is 1. The number of hydrogen-bond donors (Lipinski definition) is 1. The van der Waals surface area contributed by atoms with Gasteiger partial charge in [0.25, 0.3) is 0 Å². The maximum atomic E-state index is 11.1. The molecule has 3 heteroatoms. The zero-order chi connectivity index (χ0) is 13.3. The van der Waals surface area contributed by atoms with E-state index in [9.17, 15) is 9.90 Å². The molecule has 0 aromatic heterocycles. The zero-order valence-electron chi connectivity index (χ0n) is 11.1. The Morgan fingerprint density at radius 2 is 2.12 bits per heavy atom. The minimum Gasteiger partial charge on any atom is -0.463 e. The Labute approximate surface area is 104 Å². The fourth-order valence-electron chi connectivity index (χ4n) is 1.54. The van der Waals surface area contributed by atoms with E-state index in [-0.39, 0.29) is 18.0 Å². The van der Waals surface area contributed by atoms with Crippen LogP contribution in [0.5, 0.6) is 0 Å². The third kappa shape index (κ3) is 7.75. The Morgan fingerprint density at radius 3 is 2.65 bits per heavy atom. The van der Waals surface area contributed by atoms with Gasteiger partial charge in [-0.25, -0.2) is 4.79 Å². The zero-order valence-corrected chi connectivity index (χ0v) is 11.1. The Bertz CT molecular complexity index is 258. The third-order valence-corrected chi connectivity index (χ3v) is 2.80. The Balaban J connectivity index is 4.07. The Hall–Kier alpha value is -1.09. The van der Waals surface area contributed by atoms with E-state index < -0.39 is 0 Å². The minimum atomic E-state index is -0.346. The monoisotopic (exact) mass is 240 g/mol. The average molecular weight is 240 g/mol. The molecule has 0 rings (SSSR count). The molecule has 0 aliphatic carbocycles. The van der Waals surface area contributed by atoms with Crippen LogP contribution in [-0.2, 0) is 9.53 Å². The molecule has 0 radical (unpaired) electrons. The van der Waals surface area contributed by atoms with Crippen molar-refractivity contribution in [1.29, 1.82) is 0 Å². The van der Waals surface area contributed by atoms with Gasteiger partial charge in [-0.2, -0.15) is 0 Å². The summed E-state index contributed by atoms with van der Waals surface area (Å²) < 4.78 is 4.80. The van der Waals surface area contributed by atoms with Gasteiger partial charge in [0.15, 0.2) is 0 Å². The number of esters is 1. The van der Waals surface area contributed by atoms with E-state index in [0.29, 0.717) is 25.4 Å². The molecule has 0 aliphatic rings. The van der Waals surface area contributed by atoms with Crippen molar-refractivity contribution < 1.29 is 14.6 Å². The Kier molecular flexibility index (Phi) is 8.42. The highest BCUT2D eigenvalue weighted by Crippen LogP contribution is 2.19. The molecule has 0 aromatic carbocycles. The summed E-state index contributed by atoms with van der Waals surface area (Å²) in [6, 6.07) is 0. The van der Waals surface area contributed by atoms with Crippen LogP contribution in [0.3, 0.4) is 0 Å². The van der Waals surface area contributed by atoms with Crippen LogP contribution in [0.4, 0.5) is 0 Å². The number of ether oxygens (including phenoxy) is 1. The summed E-state index contributed by atoms with van der Waals surface area (Å²) in [6.07, 6.45) is 5.99. The van der Waals surface area contributed by atoms with Gasteiger partial charge in [-0.1, -0.05) is 26.0 Å². The smallest absolute Gasteiger partial charge is 0.330 e. The van der Waals surface area contributed by atoms with Crippen molar-refractivity contribution in [1.82, 2.24) is 0 Å². The molecule has 0 fully saturated rings. The van der Waals surface area contributed by atoms with Crippen LogP contribution in [0.1, 0.15) is 33.6 Å². The number of hydrogen-bond acceptors (Lipinski definition) is 3. The van der Waals surface area contributed by atoms with E-state index in [1.165, 1.54) is 6.08 Å². The van der Waals surface area contributed by atoms with Gasteiger partial charge < -0.3 is 9.84 Å². The first kappa shape index (κ1) is 15.9. The number of carbonyl (C=O) groups excluding carboxylic acids is 1. The lowest BCUT2D eigenvalue weighted by Gasteiger charge is -2.19. The topological polar surface area (TPSA) is 46.5 Å². The Morgan fingerprint density at radius 1 is 1.47 bits per heavy atom. The lowest BCUT2D eigenvalue weighted by Crippen LogP contribution is -2.15. The van der Waals surface area contributed by atoms with Crippen LogP contribution >= 0.6 is 0 Å². The summed E-state index contributed by atoms with van der Waals surface area (Å²) in [6.45, 7) is 9.86. The SMILES string of the molecule is C=CC[C@H](O)C[C@@H](C)[C@H](C)/C=C/C(=O)OCC. The summed E-state index contributed by atoms with van der Waals surface area (Å²) >= 11 is 0. The minimum absolute atomic E-state index is 0.235. The second kappa shape index (κ2) is 8.99. The first-order chi connectivity index (χ1) is 8.01. The van der Waals surface area contributed by atoms with Crippen molar-refractivity contribution in [2.45, 2.75) is 39.7 Å². The molecule has 1 N–H and O–H groups in total. The molecule has 0 heterocycles. The van der Waals surface area contributed by atoms with Gasteiger partial charge in [0.1, 0.15) is 0 Å². The molecule has 3 atom stereocenters. The number of rotatable bonds is 8. The summed E-state index contributed by atoms with van der Waals surface area (Å²) in [5.41, 5.74) is 0. The second-order valence-corrected chi connectivity index (χ2v) is 4.36. The molecular weight excluding hydrogens is 216 g/mol. The summed E-state index contributed by atoms with van der Waals surface area (Å²) in [5.74, 6) is 0.243. The molecule has 0 spiro atoms. The predicted octanol–water partition coefficient (Wildman–Crippen LogP) is 2.71. The molecule has 0 bridgehead atoms. The van der Waals surface area contributed by atoms with Crippen LogP contribution in [-0.4, -0.2) is 23.8 Å². The predicted molar refractivity (Wildman–Crippen MR) is 69.5 cm³/mol. The van der Waals surface area contributed by atoms with Crippen molar-refractivity contribution in [3.8, 4) is 0 Å². The van der Waals surface area contributed by atoms with Crippen LogP contribution in [0, 0.1) is 11.8 Å². The van der Waals surface area contributed by atoms with Crippen molar-refractivity contribution in [3.05, 3.63) is 24.8 Å². The van der Waals surface area contributed by atoms with E-state index in [4.69, 9.17) is 4.74 Å². The lowest BCUT2D eigenvalue weighted by molar-refractivity contribution is -0.137. The molecule has 0 aromatic rings. The molecule has 17 heavy (non-hydrogen) atoms. The molecular formula is C14H24O3. The molecule has 0 saturated carbocycles. The van der Waals surface area contributed by atoms with Crippen LogP contribution in [0.25, 0.3) is 0 Å². The van der Waals surface area contributed by atoms with Crippen molar-refractivity contribution in [2.75, 3.05) is 6.61 Å². The van der Waals surface area contributed by atoms with E-state index in [1.807, 2.05) is 13.0 Å². The second-order valence-electron chi connectivity index (χ2n) is 4.36. The van der Waals surface area contributed by atoms with Crippen molar-refractivity contribution in [2.24, 2.45) is 11.8 Å². The summed E-state index contributed by atoms with van der Waals surface area (Å²) in [4.78, 5) is 11.1. The normalized spacial score (nSPS) is 16.5. The summed E-state index contributed by atoms with van der Waals surface area (Å²) in [5, 5.41) is 9.64. The van der Waals surface area contributed by atoms with E-state index in [0.717, 1.165) is 0 Å². The molecule has 0 unspecified atom stereocenters. The number of carbonyl (C=O) groups is 1. The van der Waals surface area contributed by atoms with Gasteiger partial charge in [0.05, 0.1) is 12.7 Å². The highest BCUT2D eigenvalue weighted by atomic mass is 16.5. The summed E-state index contributed by atoms with van der Waals surface area (Å²) in [7, 11) is 0. The van der Waals surface area contributed by atoms with Gasteiger partial charge in [-0.3, -0.25) is 0 Å². The van der Waals surface area contributed by atoms with Crippen LogP contribution < -0.4 is 0 Å². The first-order valence-corrected chi connectivity index (χ1v) is 6.15. The van der Waals surface area contributed by atoms with Crippen molar-refractivity contribution in [3.63, 3.8) is 0 Å². The molecule has 0 amide bonds. The highest BCUT2D eigenvalue weighted by Gasteiger charge is 2.14. The lowest BCUT2D eigenvalue weighted by atomic mass is 9.89. The third-order valence-electron chi connectivity index (χ3n) is 2.80. The van der Waals surface area contributed by atoms with Crippen molar-refractivity contribution >= 4 is 5.97 Å². The maximum Gasteiger partial charge on any atom is 0.330 e.